The molecule has 0 bridgehead atoms. The van der Waals surface area contributed by atoms with E-state index in [1.165, 1.54) is 17.5 Å². The minimum atomic E-state index is 0.154. The number of rotatable bonds is 4. The Morgan fingerprint density at radius 2 is 1.50 bits per heavy atom. The second-order valence-electron chi connectivity index (χ2n) is 7.27. The third kappa shape index (κ3) is 3.02. The molecule has 1 aliphatic carbocycles. The van der Waals surface area contributed by atoms with Gasteiger partial charge in [0.1, 0.15) is 0 Å². The summed E-state index contributed by atoms with van der Waals surface area (Å²) in [6.45, 7) is 0. The van der Waals surface area contributed by atoms with Gasteiger partial charge in [0.25, 0.3) is 0 Å². The fourth-order valence-electron chi connectivity index (χ4n) is 4.11. The molecule has 0 saturated carbocycles. The van der Waals surface area contributed by atoms with Gasteiger partial charge >= 0.3 is 0 Å². The molecule has 0 fully saturated rings. The fourth-order valence-corrected chi connectivity index (χ4v) is 5.39. The highest BCUT2D eigenvalue weighted by Crippen LogP contribution is 2.41. The van der Waals surface area contributed by atoms with Crippen molar-refractivity contribution in [3.8, 4) is 0 Å². The van der Waals surface area contributed by atoms with Crippen LogP contribution in [0.4, 0.5) is 10.7 Å². The van der Waals surface area contributed by atoms with Gasteiger partial charge in [0.05, 0.1) is 9.88 Å². The summed E-state index contributed by atoms with van der Waals surface area (Å²) >= 11 is 1.62. The zero-order chi connectivity index (χ0) is 18.9. The van der Waals surface area contributed by atoms with Crippen molar-refractivity contribution in [1.82, 2.24) is 0 Å². The van der Waals surface area contributed by atoms with Crippen LogP contribution < -0.4 is 5.32 Å². The molecule has 1 N–H and O–H groups in total. The lowest BCUT2D eigenvalue weighted by atomic mass is 9.90. The molecule has 0 unspecified atom stereocenters. The first kappa shape index (κ1) is 17.2. The normalized spacial score (nSPS) is 13.3. The number of thiophene rings is 1. The maximum atomic E-state index is 13.6. The Hall–Kier alpha value is -2.91. The van der Waals surface area contributed by atoms with Gasteiger partial charge in [0.2, 0.25) is 5.78 Å². The highest BCUT2D eigenvalue weighted by molar-refractivity contribution is 7.18. The Bertz CT molecular complexity index is 1150. The number of para-hydroxylation sites is 1. The summed E-state index contributed by atoms with van der Waals surface area (Å²) in [5.41, 5.74) is 4.47. The minimum Gasteiger partial charge on any atom is -0.347 e. The lowest BCUT2D eigenvalue weighted by molar-refractivity contribution is 0.104. The number of nitrogens with one attached hydrogen (secondary N) is 1. The summed E-state index contributed by atoms with van der Waals surface area (Å²) in [7, 11) is 0. The van der Waals surface area contributed by atoms with Gasteiger partial charge in [-0.2, -0.15) is 0 Å². The molecule has 0 atom stereocenters. The number of hydrogen-bond acceptors (Lipinski definition) is 3. The summed E-state index contributed by atoms with van der Waals surface area (Å²) in [5, 5.41) is 6.84. The fraction of sp³-hybridized carbons (Fsp3) is 0.160. The molecule has 4 aromatic rings. The first-order valence-electron chi connectivity index (χ1n) is 9.80. The van der Waals surface area contributed by atoms with Crippen LogP contribution >= 0.6 is 11.3 Å². The number of fused-ring (bicyclic) bond motifs is 2. The maximum Gasteiger partial charge on any atom is 0.203 e. The average molecular weight is 384 g/mol. The zero-order valence-corrected chi connectivity index (χ0v) is 16.4. The smallest absolute Gasteiger partial charge is 0.203 e. The Balaban J connectivity index is 1.60. The molecule has 0 saturated heterocycles. The van der Waals surface area contributed by atoms with Crippen molar-refractivity contribution in [3.63, 3.8) is 0 Å². The van der Waals surface area contributed by atoms with Crippen molar-refractivity contribution in [3.05, 3.63) is 94.4 Å². The van der Waals surface area contributed by atoms with Crippen LogP contribution in [0.5, 0.6) is 0 Å². The highest BCUT2D eigenvalue weighted by atomic mass is 32.1. The molecule has 138 valence electrons. The molecule has 5 rings (SSSR count). The minimum absolute atomic E-state index is 0.154. The highest BCUT2D eigenvalue weighted by Gasteiger charge is 2.26. The number of hydrogen-bond donors (Lipinski definition) is 1. The topological polar surface area (TPSA) is 29.1 Å². The molecular formula is C25H21NOS. The van der Waals surface area contributed by atoms with Crippen molar-refractivity contribution in [2.24, 2.45) is 0 Å². The molecule has 2 nitrogen and oxygen atoms in total. The van der Waals surface area contributed by atoms with E-state index in [0.717, 1.165) is 51.2 Å². The lowest BCUT2D eigenvalue weighted by Gasteiger charge is -2.15. The molecule has 3 aromatic carbocycles. The number of ketones is 1. The van der Waals surface area contributed by atoms with E-state index in [0.29, 0.717) is 0 Å². The van der Waals surface area contributed by atoms with Gasteiger partial charge in [0.15, 0.2) is 0 Å². The van der Waals surface area contributed by atoms with Crippen LogP contribution in [0, 0.1) is 0 Å². The Morgan fingerprint density at radius 1 is 0.786 bits per heavy atom. The quantitative estimate of drug-likeness (QED) is 0.395. The Kier molecular flexibility index (Phi) is 4.46. The van der Waals surface area contributed by atoms with Crippen LogP contribution in [-0.2, 0) is 12.8 Å². The lowest BCUT2D eigenvalue weighted by Crippen LogP contribution is -2.07. The molecule has 0 radical (unpaired) electrons. The number of carbonyl (C=O) groups excluding carboxylic acids is 1. The van der Waals surface area contributed by atoms with Gasteiger partial charge in [0, 0.05) is 11.3 Å². The third-order valence-electron chi connectivity index (χ3n) is 5.49. The molecule has 0 spiro atoms. The molecule has 0 amide bonds. The number of carbonyl (C=O) groups is 1. The van der Waals surface area contributed by atoms with Crippen LogP contribution in [0.2, 0.25) is 0 Å². The summed E-state index contributed by atoms with van der Waals surface area (Å²) in [6, 6.07) is 24.4. The average Bonchev–Trinajstić information content (AvgIpc) is 3.12. The van der Waals surface area contributed by atoms with Crippen molar-refractivity contribution < 1.29 is 4.79 Å². The molecule has 1 heterocycles. The standard InChI is InChI=1S/C25H21NOS/c27-23(20-16-8-10-17-9-4-5-13-19(17)20)24-21-14-6-7-15-22(21)25(28-24)26-18-11-2-1-3-12-18/h1-5,8-13,16,26H,6-7,14-15H2. The molecule has 1 aromatic heterocycles. The van der Waals surface area contributed by atoms with E-state index >= 15 is 0 Å². The summed E-state index contributed by atoms with van der Waals surface area (Å²) in [6.07, 6.45) is 4.39. The largest absolute Gasteiger partial charge is 0.347 e. The van der Waals surface area contributed by atoms with E-state index in [1.54, 1.807) is 11.3 Å². The van der Waals surface area contributed by atoms with Crippen molar-refractivity contribution in [1.29, 1.82) is 0 Å². The second-order valence-corrected chi connectivity index (χ2v) is 8.29. The number of anilines is 2. The van der Waals surface area contributed by atoms with E-state index in [-0.39, 0.29) is 5.78 Å². The van der Waals surface area contributed by atoms with Gasteiger partial charge in [-0.1, -0.05) is 60.7 Å². The van der Waals surface area contributed by atoms with Crippen molar-refractivity contribution in [2.45, 2.75) is 25.7 Å². The van der Waals surface area contributed by atoms with E-state index in [9.17, 15) is 4.79 Å². The van der Waals surface area contributed by atoms with Gasteiger partial charge in [-0.3, -0.25) is 4.79 Å². The van der Waals surface area contributed by atoms with Crippen LogP contribution in [-0.4, -0.2) is 5.78 Å². The number of benzene rings is 3. The van der Waals surface area contributed by atoms with E-state index in [2.05, 4.69) is 29.6 Å². The van der Waals surface area contributed by atoms with Gasteiger partial charge in [-0.25, -0.2) is 0 Å². The van der Waals surface area contributed by atoms with E-state index < -0.39 is 0 Å². The van der Waals surface area contributed by atoms with Crippen LogP contribution in [0.15, 0.2) is 72.8 Å². The van der Waals surface area contributed by atoms with E-state index in [4.69, 9.17) is 0 Å². The summed E-state index contributed by atoms with van der Waals surface area (Å²) in [4.78, 5) is 14.5. The Labute approximate surface area is 168 Å². The van der Waals surface area contributed by atoms with E-state index in [1.807, 2.05) is 48.5 Å². The zero-order valence-electron chi connectivity index (χ0n) is 15.6. The Morgan fingerprint density at radius 3 is 2.36 bits per heavy atom. The molecule has 1 aliphatic rings. The van der Waals surface area contributed by atoms with Crippen LogP contribution in [0.25, 0.3) is 10.8 Å². The third-order valence-corrected chi connectivity index (χ3v) is 6.68. The first-order chi connectivity index (χ1) is 13.8. The molecular weight excluding hydrogens is 362 g/mol. The molecule has 0 aliphatic heterocycles. The first-order valence-corrected chi connectivity index (χ1v) is 10.6. The predicted octanol–water partition coefficient (Wildman–Crippen LogP) is 6.75. The summed E-state index contributed by atoms with van der Waals surface area (Å²) in [5.74, 6) is 0.154. The van der Waals surface area contributed by atoms with Crippen molar-refractivity contribution >= 4 is 38.6 Å². The SMILES string of the molecule is O=C(c1sc(Nc2ccccc2)c2c1CCCC2)c1cccc2ccccc12. The van der Waals surface area contributed by atoms with Gasteiger partial charge in [-0.15, -0.1) is 11.3 Å². The van der Waals surface area contributed by atoms with Gasteiger partial charge < -0.3 is 5.32 Å². The molecule has 3 heteroatoms. The second kappa shape index (κ2) is 7.25. The van der Waals surface area contributed by atoms with Crippen LogP contribution in [0.3, 0.4) is 0 Å². The van der Waals surface area contributed by atoms with Crippen LogP contribution in [0.1, 0.15) is 39.2 Å². The summed E-state index contributed by atoms with van der Waals surface area (Å²) < 4.78 is 0. The monoisotopic (exact) mass is 383 g/mol. The van der Waals surface area contributed by atoms with Gasteiger partial charge in [-0.05, 0) is 59.7 Å². The maximum absolute atomic E-state index is 13.6. The molecule has 28 heavy (non-hydrogen) atoms. The van der Waals surface area contributed by atoms with Crippen molar-refractivity contribution in [2.75, 3.05) is 5.32 Å². The predicted molar refractivity (Wildman–Crippen MR) is 118 cm³/mol.